The van der Waals surface area contributed by atoms with Crippen molar-refractivity contribution in [1.82, 2.24) is 5.32 Å². The maximum atomic E-state index is 12.1. The van der Waals surface area contributed by atoms with Crippen LogP contribution in [0.15, 0.2) is 24.3 Å². The number of carbonyl (C=O) groups excluding carboxylic acids is 1. The third kappa shape index (κ3) is 5.06. The van der Waals surface area contributed by atoms with Gasteiger partial charge in [0.2, 0.25) is 5.91 Å². The predicted molar refractivity (Wildman–Crippen MR) is 81.1 cm³/mol. The lowest BCUT2D eigenvalue weighted by molar-refractivity contribution is -0.121. The van der Waals surface area contributed by atoms with Crippen molar-refractivity contribution >= 4 is 5.91 Å². The number of aryl methyl sites for hydroxylation is 1. The second-order valence-corrected chi connectivity index (χ2v) is 5.93. The Balaban J connectivity index is 2.58. The van der Waals surface area contributed by atoms with Crippen molar-refractivity contribution in [3.05, 3.63) is 35.4 Å². The van der Waals surface area contributed by atoms with Crippen molar-refractivity contribution in [3.8, 4) is 0 Å². The first kappa shape index (κ1) is 15.7. The van der Waals surface area contributed by atoms with E-state index in [1.807, 2.05) is 0 Å². The van der Waals surface area contributed by atoms with Gasteiger partial charge in [0, 0.05) is 6.04 Å². The molecule has 1 aromatic carbocycles. The van der Waals surface area contributed by atoms with E-state index in [4.69, 9.17) is 0 Å². The van der Waals surface area contributed by atoms with Crippen LogP contribution in [0, 0.1) is 11.8 Å². The van der Waals surface area contributed by atoms with E-state index >= 15 is 0 Å². The molecule has 106 valence electrons. The minimum atomic E-state index is 0.122. The zero-order chi connectivity index (χ0) is 14.4. The SMILES string of the molecule is CCc1ccc(CC(=O)NC(C(C)C)C(C)C)cc1. The molecule has 0 atom stereocenters. The monoisotopic (exact) mass is 261 g/mol. The van der Waals surface area contributed by atoms with Crippen LogP contribution in [0.5, 0.6) is 0 Å². The van der Waals surface area contributed by atoms with Crippen molar-refractivity contribution in [2.75, 3.05) is 0 Å². The number of hydrogen-bond acceptors (Lipinski definition) is 1. The van der Waals surface area contributed by atoms with Gasteiger partial charge < -0.3 is 5.32 Å². The van der Waals surface area contributed by atoms with Crippen LogP contribution in [-0.4, -0.2) is 11.9 Å². The summed E-state index contributed by atoms with van der Waals surface area (Å²) in [6, 6.07) is 8.56. The number of nitrogens with one attached hydrogen (secondary N) is 1. The van der Waals surface area contributed by atoms with Crippen molar-refractivity contribution in [2.24, 2.45) is 11.8 Å². The molecule has 1 amide bonds. The van der Waals surface area contributed by atoms with E-state index in [9.17, 15) is 4.79 Å². The summed E-state index contributed by atoms with van der Waals surface area (Å²) in [7, 11) is 0. The van der Waals surface area contributed by atoms with E-state index in [0.29, 0.717) is 18.3 Å². The molecule has 2 nitrogen and oxygen atoms in total. The van der Waals surface area contributed by atoms with Crippen LogP contribution in [0.2, 0.25) is 0 Å². The van der Waals surface area contributed by atoms with E-state index in [1.54, 1.807) is 0 Å². The Morgan fingerprint density at radius 3 is 1.89 bits per heavy atom. The number of rotatable bonds is 6. The predicted octanol–water partition coefficient (Wildman–Crippen LogP) is 3.59. The molecule has 0 aliphatic heterocycles. The van der Waals surface area contributed by atoms with Crippen molar-refractivity contribution in [3.63, 3.8) is 0 Å². The third-order valence-electron chi connectivity index (χ3n) is 3.56. The van der Waals surface area contributed by atoms with Crippen molar-refractivity contribution < 1.29 is 4.79 Å². The highest BCUT2D eigenvalue weighted by Gasteiger charge is 2.19. The molecule has 2 heteroatoms. The van der Waals surface area contributed by atoms with Crippen LogP contribution in [0.25, 0.3) is 0 Å². The molecule has 0 unspecified atom stereocenters. The quantitative estimate of drug-likeness (QED) is 0.833. The van der Waals surface area contributed by atoms with Crippen LogP contribution < -0.4 is 5.32 Å². The molecule has 0 aliphatic rings. The van der Waals surface area contributed by atoms with Crippen LogP contribution in [-0.2, 0) is 17.6 Å². The molecule has 0 aromatic heterocycles. The molecule has 0 saturated heterocycles. The fourth-order valence-electron chi connectivity index (χ4n) is 2.42. The summed E-state index contributed by atoms with van der Waals surface area (Å²) in [5.74, 6) is 1.05. The van der Waals surface area contributed by atoms with Gasteiger partial charge in [-0.15, -0.1) is 0 Å². The fraction of sp³-hybridized carbons (Fsp3) is 0.588. The molecule has 1 aromatic rings. The van der Waals surface area contributed by atoms with E-state index < -0.39 is 0 Å². The molecule has 1 N–H and O–H groups in total. The first-order valence-corrected chi connectivity index (χ1v) is 7.31. The van der Waals surface area contributed by atoms with Crippen LogP contribution in [0.1, 0.15) is 45.7 Å². The maximum absolute atomic E-state index is 12.1. The first-order chi connectivity index (χ1) is 8.93. The van der Waals surface area contributed by atoms with Gasteiger partial charge in [-0.1, -0.05) is 58.9 Å². The Bertz CT molecular complexity index is 384. The molecule has 19 heavy (non-hydrogen) atoms. The van der Waals surface area contributed by atoms with E-state index in [0.717, 1.165) is 12.0 Å². The van der Waals surface area contributed by atoms with Gasteiger partial charge in [0.15, 0.2) is 0 Å². The fourth-order valence-corrected chi connectivity index (χ4v) is 2.42. The molecule has 0 heterocycles. The molecule has 0 spiro atoms. The van der Waals surface area contributed by atoms with Gasteiger partial charge in [0.05, 0.1) is 6.42 Å². The number of amides is 1. The number of carbonyl (C=O) groups is 1. The summed E-state index contributed by atoms with van der Waals surface area (Å²) in [5.41, 5.74) is 2.40. The van der Waals surface area contributed by atoms with Crippen LogP contribution >= 0.6 is 0 Å². The highest BCUT2D eigenvalue weighted by molar-refractivity contribution is 5.78. The molecule has 0 bridgehead atoms. The number of benzene rings is 1. The highest BCUT2D eigenvalue weighted by Crippen LogP contribution is 2.12. The van der Waals surface area contributed by atoms with Gasteiger partial charge in [-0.2, -0.15) is 0 Å². The summed E-state index contributed by atoms with van der Waals surface area (Å²) < 4.78 is 0. The molecular weight excluding hydrogens is 234 g/mol. The van der Waals surface area contributed by atoms with E-state index in [-0.39, 0.29) is 11.9 Å². The Morgan fingerprint density at radius 2 is 1.47 bits per heavy atom. The summed E-state index contributed by atoms with van der Waals surface area (Å²) in [5, 5.41) is 3.15. The zero-order valence-electron chi connectivity index (χ0n) is 12.9. The average molecular weight is 261 g/mol. The van der Waals surface area contributed by atoms with Gasteiger partial charge in [0.25, 0.3) is 0 Å². The molecular formula is C17H27NO. The lowest BCUT2D eigenvalue weighted by atomic mass is 9.93. The van der Waals surface area contributed by atoms with Gasteiger partial charge in [-0.3, -0.25) is 4.79 Å². The Kier molecular flexibility index (Phi) is 6.07. The highest BCUT2D eigenvalue weighted by atomic mass is 16.1. The summed E-state index contributed by atoms with van der Waals surface area (Å²) in [4.78, 5) is 12.1. The van der Waals surface area contributed by atoms with Crippen LogP contribution in [0.4, 0.5) is 0 Å². The Labute approximate surface area is 117 Å². The average Bonchev–Trinajstić information content (AvgIpc) is 2.36. The Hall–Kier alpha value is -1.31. The topological polar surface area (TPSA) is 29.1 Å². The lowest BCUT2D eigenvalue weighted by Crippen LogP contribution is -2.42. The standard InChI is InChI=1S/C17H27NO/c1-6-14-7-9-15(10-8-14)11-16(19)18-17(12(2)3)13(4)5/h7-10,12-13,17H,6,11H2,1-5H3,(H,18,19). The largest absolute Gasteiger partial charge is 0.353 e. The van der Waals surface area contributed by atoms with Crippen molar-refractivity contribution in [1.29, 1.82) is 0 Å². The second kappa shape index (κ2) is 7.32. The minimum Gasteiger partial charge on any atom is -0.353 e. The molecule has 0 fully saturated rings. The third-order valence-corrected chi connectivity index (χ3v) is 3.56. The smallest absolute Gasteiger partial charge is 0.224 e. The lowest BCUT2D eigenvalue weighted by Gasteiger charge is -2.26. The van der Waals surface area contributed by atoms with Gasteiger partial charge in [-0.05, 0) is 29.4 Å². The maximum Gasteiger partial charge on any atom is 0.224 e. The zero-order valence-corrected chi connectivity index (χ0v) is 12.9. The summed E-state index contributed by atoms with van der Waals surface area (Å²) in [6.07, 6.45) is 1.51. The van der Waals surface area contributed by atoms with Gasteiger partial charge in [-0.25, -0.2) is 0 Å². The van der Waals surface area contributed by atoms with Crippen LogP contribution in [0.3, 0.4) is 0 Å². The molecule has 0 aliphatic carbocycles. The van der Waals surface area contributed by atoms with E-state index in [1.165, 1.54) is 5.56 Å². The summed E-state index contributed by atoms with van der Waals surface area (Å²) in [6.45, 7) is 10.8. The van der Waals surface area contributed by atoms with Gasteiger partial charge >= 0.3 is 0 Å². The van der Waals surface area contributed by atoms with E-state index in [2.05, 4.69) is 64.2 Å². The summed E-state index contributed by atoms with van der Waals surface area (Å²) >= 11 is 0. The van der Waals surface area contributed by atoms with Crippen molar-refractivity contribution in [2.45, 2.75) is 53.5 Å². The Morgan fingerprint density at radius 1 is 1.00 bits per heavy atom. The van der Waals surface area contributed by atoms with Gasteiger partial charge in [0.1, 0.15) is 0 Å². The molecule has 1 rings (SSSR count). The normalized spacial score (nSPS) is 11.4. The minimum absolute atomic E-state index is 0.122. The molecule has 0 saturated carbocycles. The number of hydrogen-bond donors (Lipinski definition) is 1. The second-order valence-electron chi connectivity index (χ2n) is 5.93. The first-order valence-electron chi connectivity index (χ1n) is 7.31. The molecule has 0 radical (unpaired) electrons.